The van der Waals surface area contributed by atoms with Crippen molar-refractivity contribution in [3.8, 4) is 0 Å². The molecule has 0 saturated heterocycles. The smallest absolute Gasteiger partial charge is 0.338 e. The topological polar surface area (TPSA) is 96.5 Å². The van der Waals surface area contributed by atoms with Crippen LogP contribution >= 0.6 is 0 Å². The molecule has 0 atom stereocenters. The number of benzene rings is 2. The first-order chi connectivity index (χ1) is 13.0. The van der Waals surface area contributed by atoms with Gasteiger partial charge in [-0.3, -0.25) is 4.79 Å². The quantitative estimate of drug-likeness (QED) is 0.652. The van der Waals surface area contributed by atoms with Gasteiger partial charge in [-0.1, -0.05) is 19.1 Å². The van der Waals surface area contributed by atoms with E-state index in [1.54, 1.807) is 30.3 Å². The van der Waals surface area contributed by atoms with Crippen molar-refractivity contribution in [3.05, 3.63) is 59.7 Å². The van der Waals surface area contributed by atoms with Crippen molar-refractivity contribution < 1.29 is 19.1 Å². The summed E-state index contributed by atoms with van der Waals surface area (Å²) in [6, 6.07) is 13.2. The Bertz CT molecular complexity index is 803. The Morgan fingerprint density at radius 3 is 2.37 bits per heavy atom. The van der Waals surface area contributed by atoms with Gasteiger partial charge < -0.3 is 20.7 Å². The zero-order chi connectivity index (χ0) is 19.6. The van der Waals surface area contributed by atoms with Crippen LogP contribution in [0.1, 0.15) is 29.3 Å². The Hall–Kier alpha value is -3.35. The van der Waals surface area contributed by atoms with E-state index in [4.69, 9.17) is 4.74 Å². The van der Waals surface area contributed by atoms with E-state index < -0.39 is 12.0 Å². The zero-order valence-corrected chi connectivity index (χ0v) is 15.4. The number of urea groups is 1. The Labute approximate surface area is 158 Å². The maximum absolute atomic E-state index is 11.9. The summed E-state index contributed by atoms with van der Waals surface area (Å²) >= 11 is 0. The van der Waals surface area contributed by atoms with Gasteiger partial charge in [-0.15, -0.1) is 0 Å². The maximum atomic E-state index is 11.9. The number of hydrogen-bond acceptors (Lipinski definition) is 4. The fraction of sp³-hybridized carbons (Fsp3) is 0.250. The summed E-state index contributed by atoms with van der Waals surface area (Å²) in [5.41, 5.74) is 2.61. The first-order valence-corrected chi connectivity index (χ1v) is 8.66. The monoisotopic (exact) mass is 369 g/mol. The van der Waals surface area contributed by atoms with E-state index in [9.17, 15) is 14.4 Å². The molecular weight excluding hydrogens is 346 g/mol. The lowest BCUT2D eigenvalue weighted by atomic mass is 10.2. The molecule has 7 nitrogen and oxygen atoms in total. The van der Waals surface area contributed by atoms with E-state index in [1.807, 2.05) is 32.0 Å². The molecule has 2 aromatic carbocycles. The van der Waals surface area contributed by atoms with Crippen molar-refractivity contribution in [2.24, 2.45) is 0 Å². The molecule has 2 rings (SSSR count). The second kappa shape index (κ2) is 9.96. The van der Waals surface area contributed by atoms with Crippen molar-refractivity contribution >= 4 is 29.3 Å². The summed E-state index contributed by atoms with van der Waals surface area (Å²) in [7, 11) is 0. The first kappa shape index (κ1) is 20.0. The highest BCUT2D eigenvalue weighted by Crippen LogP contribution is 2.11. The van der Waals surface area contributed by atoms with Crippen LogP contribution in [0.2, 0.25) is 0 Å². The van der Waals surface area contributed by atoms with Crippen LogP contribution < -0.4 is 16.0 Å². The SMILES string of the molecule is CCCOC(=O)c1ccc(NC(=O)CNC(=O)Nc2cccc(C)c2)cc1. The van der Waals surface area contributed by atoms with Gasteiger partial charge in [0, 0.05) is 11.4 Å². The van der Waals surface area contributed by atoms with Crippen LogP contribution in [0.4, 0.5) is 16.2 Å². The Morgan fingerprint density at radius 1 is 0.963 bits per heavy atom. The van der Waals surface area contributed by atoms with Crippen LogP contribution in [0.15, 0.2) is 48.5 Å². The number of carbonyl (C=O) groups is 3. The number of hydrogen-bond donors (Lipinski definition) is 3. The molecule has 0 unspecified atom stereocenters. The van der Waals surface area contributed by atoms with Crippen molar-refractivity contribution in [2.75, 3.05) is 23.8 Å². The van der Waals surface area contributed by atoms with Gasteiger partial charge in [-0.25, -0.2) is 9.59 Å². The molecule has 142 valence electrons. The summed E-state index contributed by atoms with van der Waals surface area (Å²) < 4.78 is 5.04. The van der Waals surface area contributed by atoms with Crippen LogP contribution in [-0.4, -0.2) is 31.1 Å². The molecule has 3 amide bonds. The van der Waals surface area contributed by atoms with Crippen LogP contribution in [-0.2, 0) is 9.53 Å². The average Bonchev–Trinajstić information content (AvgIpc) is 2.65. The van der Waals surface area contributed by atoms with Crippen LogP contribution in [0.5, 0.6) is 0 Å². The van der Waals surface area contributed by atoms with Gasteiger partial charge in [0.2, 0.25) is 5.91 Å². The largest absolute Gasteiger partial charge is 0.462 e. The molecule has 27 heavy (non-hydrogen) atoms. The predicted molar refractivity (Wildman–Crippen MR) is 104 cm³/mol. The standard InChI is InChI=1S/C20H23N3O4/c1-3-11-27-19(25)15-7-9-16(10-8-15)22-18(24)13-21-20(26)23-17-6-4-5-14(2)12-17/h4-10,12H,3,11,13H2,1-2H3,(H,22,24)(H2,21,23,26). The third-order valence-electron chi connectivity index (χ3n) is 3.53. The molecule has 0 aliphatic heterocycles. The number of aryl methyl sites for hydroxylation is 1. The van der Waals surface area contributed by atoms with Gasteiger partial charge in [0.1, 0.15) is 0 Å². The van der Waals surface area contributed by atoms with E-state index >= 15 is 0 Å². The van der Waals surface area contributed by atoms with Crippen LogP contribution in [0, 0.1) is 6.92 Å². The Balaban J connectivity index is 1.78. The van der Waals surface area contributed by atoms with E-state index in [1.165, 1.54) is 0 Å². The van der Waals surface area contributed by atoms with Crippen LogP contribution in [0.3, 0.4) is 0 Å². The molecule has 7 heteroatoms. The number of esters is 1. The lowest BCUT2D eigenvalue weighted by molar-refractivity contribution is -0.115. The fourth-order valence-corrected chi connectivity index (χ4v) is 2.23. The van der Waals surface area contributed by atoms with Crippen LogP contribution in [0.25, 0.3) is 0 Å². The second-order valence-corrected chi connectivity index (χ2v) is 5.94. The summed E-state index contributed by atoms with van der Waals surface area (Å²) in [4.78, 5) is 35.5. The molecule has 0 aliphatic rings. The molecule has 0 bridgehead atoms. The van der Waals surface area contributed by atoms with Crippen molar-refractivity contribution in [2.45, 2.75) is 20.3 Å². The molecule has 0 saturated carbocycles. The van der Waals surface area contributed by atoms with E-state index in [-0.39, 0.29) is 12.5 Å². The molecular formula is C20H23N3O4. The number of ether oxygens (including phenoxy) is 1. The summed E-state index contributed by atoms with van der Waals surface area (Å²) in [6.45, 7) is 4.03. The number of carbonyl (C=O) groups excluding carboxylic acids is 3. The third kappa shape index (κ3) is 6.81. The zero-order valence-electron chi connectivity index (χ0n) is 15.4. The van der Waals surface area contributed by atoms with E-state index in [0.29, 0.717) is 23.5 Å². The maximum Gasteiger partial charge on any atom is 0.338 e. The molecule has 0 radical (unpaired) electrons. The number of anilines is 2. The normalized spacial score (nSPS) is 10.0. The van der Waals surface area contributed by atoms with Gasteiger partial charge in [-0.05, 0) is 55.3 Å². The minimum Gasteiger partial charge on any atom is -0.462 e. The third-order valence-corrected chi connectivity index (χ3v) is 3.53. The lowest BCUT2D eigenvalue weighted by Gasteiger charge is -2.09. The molecule has 2 aromatic rings. The minimum absolute atomic E-state index is 0.183. The number of rotatable bonds is 7. The summed E-state index contributed by atoms with van der Waals surface area (Å²) in [6.07, 6.45) is 0.754. The fourth-order valence-electron chi connectivity index (χ4n) is 2.23. The molecule has 0 aliphatic carbocycles. The Morgan fingerprint density at radius 2 is 1.70 bits per heavy atom. The number of amides is 3. The highest BCUT2D eigenvalue weighted by atomic mass is 16.5. The van der Waals surface area contributed by atoms with Crippen molar-refractivity contribution in [1.29, 1.82) is 0 Å². The van der Waals surface area contributed by atoms with Crippen molar-refractivity contribution in [3.63, 3.8) is 0 Å². The van der Waals surface area contributed by atoms with Gasteiger partial charge >= 0.3 is 12.0 Å². The van der Waals surface area contributed by atoms with E-state index in [2.05, 4.69) is 16.0 Å². The average molecular weight is 369 g/mol. The highest BCUT2D eigenvalue weighted by molar-refractivity contribution is 5.97. The Kier molecular flexibility index (Phi) is 7.37. The summed E-state index contributed by atoms with van der Waals surface area (Å²) in [5, 5.41) is 7.79. The van der Waals surface area contributed by atoms with E-state index in [0.717, 1.165) is 12.0 Å². The van der Waals surface area contributed by atoms with Gasteiger partial charge in [-0.2, -0.15) is 0 Å². The lowest BCUT2D eigenvalue weighted by Crippen LogP contribution is -2.35. The second-order valence-electron chi connectivity index (χ2n) is 5.94. The molecule has 3 N–H and O–H groups in total. The molecule has 0 spiro atoms. The highest BCUT2D eigenvalue weighted by Gasteiger charge is 2.09. The summed E-state index contributed by atoms with van der Waals surface area (Å²) in [5.74, 6) is -0.778. The number of nitrogens with one attached hydrogen (secondary N) is 3. The van der Waals surface area contributed by atoms with Gasteiger partial charge in [0.05, 0.1) is 18.7 Å². The van der Waals surface area contributed by atoms with Crippen molar-refractivity contribution in [1.82, 2.24) is 5.32 Å². The molecule has 0 fully saturated rings. The molecule has 0 aromatic heterocycles. The molecule has 0 heterocycles. The van der Waals surface area contributed by atoms with Gasteiger partial charge in [0.15, 0.2) is 0 Å². The minimum atomic E-state index is -0.468. The van der Waals surface area contributed by atoms with Gasteiger partial charge in [0.25, 0.3) is 0 Å². The first-order valence-electron chi connectivity index (χ1n) is 8.66. The predicted octanol–water partition coefficient (Wildman–Crippen LogP) is 3.32.